The highest BCUT2D eigenvalue weighted by Crippen LogP contribution is 2.42. The number of fused-ring (bicyclic) bond motifs is 1. The van der Waals surface area contributed by atoms with Crippen molar-refractivity contribution in [1.82, 2.24) is 29.4 Å². The van der Waals surface area contributed by atoms with Gasteiger partial charge < -0.3 is 49.5 Å². The molecule has 0 unspecified atom stereocenters. The fourth-order valence-corrected chi connectivity index (χ4v) is 7.34. The number of thioether (sulfide) groups is 1. The number of ether oxygens (including phenoxy) is 2. The molecule has 0 bridgehead atoms. The standard InChI is InChI=1S/C26H26N8O12S2/c1-10-14(45-26(41)44-10)8-43-24(38)32-4-3-13(7-32)33-5-2-11(19(33)36)6-12-9-47-22-16(20(37)34(22)21(12)46-25(39)40)28-18(35)15(30-42)17-29-23(27)48-31-17/h6,13,16,22,42H,2-5,7-9H2,1H3,(H,28,35)(H,39,40)(H2,27,29,31)/b11-6+,30-15-/t13-,16-,22-/m1/s1. The molecule has 4 amide bonds. The van der Waals surface area contributed by atoms with Crippen molar-refractivity contribution in [2.75, 3.05) is 31.1 Å². The number of carbonyl (C=O) groups is 5. The van der Waals surface area contributed by atoms with Gasteiger partial charge in [0.1, 0.15) is 11.4 Å². The van der Waals surface area contributed by atoms with E-state index in [-0.39, 0.29) is 64.8 Å². The molecule has 6 rings (SSSR count). The molecule has 3 fully saturated rings. The van der Waals surface area contributed by atoms with Gasteiger partial charge >= 0.3 is 18.1 Å². The van der Waals surface area contributed by atoms with Gasteiger partial charge in [-0.1, -0.05) is 5.16 Å². The Kier molecular flexibility index (Phi) is 8.83. The first-order valence-corrected chi connectivity index (χ1v) is 16.0. The van der Waals surface area contributed by atoms with Gasteiger partial charge in [-0.2, -0.15) is 9.36 Å². The number of hydrogen-bond donors (Lipinski definition) is 4. The number of hydrogen-bond acceptors (Lipinski definition) is 17. The van der Waals surface area contributed by atoms with Crippen LogP contribution in [-0.2, 0) is 30.5 Å². The van der Waals surface area contributed by atoms with Gasteiger partial charge in [-0.3, -0.25) is 19.3 Å². The lowest BCUT2D eigenvalue weighted by Crippen LogP contribution is -2.70. The van der Waals surface area contributed by atoms with Crippen molar-refractivity contribution in [3.05, 3.63) is 51.1 Å². The summed E-state index contributed by atoms with van der Waals surface area (Å²) in [6.07, 6.45) is -0.0146. The van der Waals surface area contributed by atoms with E-state index in [1.54, 1.807) is 4.90 Å². The predicted molar refractivity (Wildman–Crippen MR) is 160 cm³/mol. The fraction of sp³-hybridized carbons (Fsp3) is 0.423. The molecular formula is C26H26N8O12S2. The highest BCUT2D eigenvalue weighted by molar-refractivity contribution is 8.00. The van der Waals surface area contributed by atoms with Gasteiger partial charge in [0.05, 0.1) is 6.04 Å². The third kappa shape index (κ3) is 6.17. The maximum atomic E-state index is 13.4. The molecule has 4 aliphatic heterocycles. The van der Waals surface area contributed by atoms with Crippen LogP contribution < -0.4 is 16.9 Å². The maximum absolute atomic E-state index is 13.4. The van der Waals surface area contributed by atoms with E-state index in [2.05, 4.69) is 19.8 Å². The molecule has 3 saturated heterocycles. The number of aromatic nitrogens is 2. The van der Waals surface area contributed by atoms with Crippen LogP contribution in [0.2, 0.25) is 0 Å². The van der Waals surface area contributed by atoms with Crippen molar-refractivity contribution in [2.45, 2.75) is 43.8 Å². The second-order valence-electron chi connectivity index (χ2n) is 10.8. The Morgan fingerprint density at radius 2 is 2.02 bits per heavy atom. The second kappa shape index (κ2) is 13.0. The molecule has 48 heavy (non-hydrogen) atoms. The first-order chi connectivity index (χ1) is 22.9. The average Bonchev–Trinajstić information content (AvgIpc) is 3.84. The zero-order valence-electron chi connectivity index (χ0n) is 24.8. The average molecular weight is 707 g/mol. The largest absolute Gasteiger partial charge is 0.519 e. The Balaban J connectivity index is 1.10. The number of allylic oxidation sites excluding steroid dienone is 1. The SMILES string of the molecule is Cc1oc(=O)oc1COC(=O)N1CC[C@@H](N2CC/C(=C\C3=C(OC(=O)O)N4C(=O)[C@@H](NC(=O)/C(=N\O)c5nsc(N)n5)[C@H]4SC3)C2=O)C1. The number of likely N-dealkylation sites (tertiary alicyclic amines) is 2. The highest BCUT2D eigenvalue weighted by atomic mass is 32.2. The summed E-state index contributed by atoms with van der Waals surface area (Å²) in [5, 5.41) is 23.4. The summed E-state index contributed by atoms with van der Waals surface area (Å²) in [5.41, 5.74) is 5.60. The fourth-order valence-electron chi connectivity index (χ4n) is 5.62. The molecule has 3 atom stereocenters. The smallest absolute Gasteiger partial charge is 0.449 e. The molecule has 6 heterocycles. The summed E-state index contributed by atoms with van der Waals surface area (Å²) in [5.74, 6) is -2.95. The molecule has 254 valence electrons. The number of aryl methyl sites for hydroxylation is 1. The third-order valence-corrected chi connectivity index (χ3v) is 9.76. The van der Waals surface area contributed by atoms with Crippen LogP contribution in [0.25, 0.3) is 0 Å². The Labute approximate surface area is 276 Å². The molecule has 0 aliphatic carbocycles. The van der Waals surface area contributed by atoms with Crippen LogP contribution in [0.4, 0.5) is 14.7 Å². The van der Waals surface area contributed by atoms with Crippen LogP contribution in [-0.4, -0.2) is 113 Å². The Bertz CT molecular complexity index is 1850. The Morgan fingerprint density at radius 3 is 2.69 bits per heavy atom. The summed E-state index contributed by atoms with van der Waals surface area (Å²) in [4.78, 5) is 82.7. The molecule has 22 heteroatoms. The minimum Gasteiger partial charge on any atom is -0.449 e. The molecule has 20 nitrogen and oxygen atoms in total. The van der Waals surface area contributed by atoms with Gasteiger partial charge in [0, 0.05) is 48.1 Å². The summed E-state index contributed by atoms with van der Waals surface area (Å²) in [6.45, 7) is 2.11. The number of rotatable bonds is 8. The Morgan fingerprint density at radius 1 is 1.23 bits per heavy atom. The number of nitrogen functional groups attached to an aromatic ring is 1. The molecule has 4 aliphatic rings. The van der Waals surface area contributed by atoms with E-state index in [1.165, 1.54) is 29.7 Å². The molecule has 0 saturated carbocycles. The molecule has 2 aromatic rings. The van der Waals surface area contributed by atoms with Gasteiger partial charge in [-0.15, -0.1) is 11.8 Å². The quantitative estimate of drug-likeness (QED) is 0.0704. The zero-order chi connectivity index (χ0) is 34.3. The van der Waals surface area contributed by atoms with E-state index in [1.807, 2.05) is 0 Å². The molecular weight excluding hydrogens is 680 g/mol. The van der Waals surface area contributed by atoms with Gasteiger partial charge in [0.2, 0.25) is 23.3 Å². The maximum Gasteiger partial charge on any atom is 0.519 e. The van der Waals surface area contributed by atoms with Crippen LogP contribution in [0.1, 0.15) is 30.2 Å². The molecule has 0 spiro atoms. The van der Waals surface area contributed by atoms with Crippen LogP contribution in [0.5, 0.6) is 0 Å². The van der Waals surface area contributed by atoms with Gasteiger partial charge in [-0.05, 0) is 25.8 Å². The number of carbonyl (C=O) groups excluding carboxylic acids is 4. The molecule has 0 radical (unpaired) electrons. The number of anilines is 1. The van der Waals surface area contributed by atoms with Crippen molar-refractivity contribution < 1.29 is 52.6 Å². The summed E-state index contributed by atoms with van der Waals surface area (Å²) < 4.78 is 23.6. The van der Waals surface area contributed by atoms with E-state index < -0.39 is 47.0 Å². The highest BCUT2D eigenvalue weighted by Gasteiger charge is 2.54. The van der Waals surface area contributed by atoms with Gasteiger partial charge in [-0.25, -0.2) is 14.4 Å². The van der Waals surface area contributed by atoms with Gasteiger partial charge in [0.15, 0.2) is 23.3 Å². The summed E-state index contributed by atoms with van der Waals surface area (Å²) >= 11 is 1.97. The number of β-lactam (4-membered cyclic amide) rings is 1. The van der Waals surface area contributed by atoms with E-state index >= 15 is 0 Å². The summed E-state index contributed by atoms with van der Waals surface area (Å²) in [7, 11) is 0. The van der Waals surface area contributed by atoms with Crippen LogP contribution in [0.15, 0.2) is 41.9 Å². The lowest BCUT2D eigenvalue weighted by molar-refractivity contribution is -0.148. The number of amides is 4. The van der Waals surface area contributed by atoms with E-state index in [0.29, 0.717) is 31.5 Å². The van der Waals surface area contributed by atoms with Crippen LogP contribution in [0, 0.1) is 6.92 Å². The first kappa shape index (κ1) is 32.6. The minimum absolute atomic E-state index is 0.0272. The molecule has 5 N–H and O–H groups in total. The van der Waals surface area contributed by atoms with Crippen molar-refractivity contribution in [2.24, 2.45) is 5.16 Å². The van der Waals surface area contributed by atoms with Crippen LogP contribution in [0.3, 0.4) is 0 Å². The third-order valence-electron chi connectivity index (χ3n) is 7.92. The zero-order valence-corrected chi connectivity index (χ0v) is 26.4. The number of carboxylic acid groups (broad SMARTS) is 1. The van der Waals surface area contributed by atoms with E-state index in [0.717, 1.165) is 16.4 Å². The number of nitrogens with two attached hydrogens (primary N) is 1. The van der Waals surface area contributed by atoms with Crippen LogP contribution >= 0.6 is 23.3 Å². The van der Waals surface area contributed by atoms with Crippen molar-refractivity contribution in [3.63, 3.8) is 0 Å². The van der Waals surface area contributed by atoms with Crippen molar-refractivity contribution in [1.29, 1.82) is 0 Å². The normalized spacial score (nSPS) is 23.4. The monoisotopic (exact) mass is 706 g/mol. The number of nitrogens with one attached hydrogen (secondary N) is 1. The Hall–Kier alpha value is -5.38. The van der Waals surface area contributed by atoms with E-state index in [9.17, 15) is 39.1 Å². The lowest BCUT2D eigenvalue weighted by Gasteiger charge is -2.48. The topological polar surface area (TPSA) is 274 Å². The van der Waals surface area contributed by atoms with E-state index in [4.69, 9.17) is 24.0 Å². The first-order valence-electron chi connectivity index (χ1n) is 14.2. The van der Waals surface area contributed by atoms with Gasteiger partial charge in [0.25, 0.3) is 11.8 Å². The molecule has 0 aromatic carbocycles. The number of nitrogens with zero attached hydrogens (tertiary/aromatic N) is 6. The predicted octanol–water partition coefficient (Wildman–Crippen LogP) is 0.0291. The second-order valence-corrected chi connectivity index (χ2v) is 12.6. The van der Waals surface area contributed by atoms with Crippen molar-refractivity contribution in [3.8, 4) is 0 Å². The number of oxime groups is 1. The summed E-state index contributed by atoms with van der Waals surface area (Å²) in [6, 6.07) is -1.43. The van der Waals surface area contributed by atoms with Crippen molar-refractivity contribution >= 4 is 64.1 Å². The lowest BCUT2D eigenvalue weighted by atomic mass is 10.0. The minimum atomic E-state index is -1.68. The molecule has 2 aromatic heterocycles.